The zero-order valence-electron chi connectivity index (χ0n) is 8.27. The average molecular weight is 225 g/mol. The van der Waals surface area contributed by atoms with Gasteiger partial charge in [-0.25, -0.2) is 4.68 Å². The van der Waals surface area contributed by atoms with Gasteiger partial charge in [-0.15, -0.1) is 0 Å². The normalized spacial score (nSPS) is 10.6. The molecule has 0 spiro atoms. The first kappa shape index (κ1) is 9.85. The van der Waals surface area contributed by atoms with Crippen LogP contribution in [0.5, 0.6) is 0 Å². The minimum atomic E-state index is 0.0602. The number of rotatable bonds is 1. The highest BCUT2D eigenvalue weighted by molar-refractivity contribution is 6.28. The summed E-state index contributed by atoms with van der Waals surface area (Å²) >= 11 is 5.68. The summed E-state index contributed by atoms with van der Waals surface area (Å²) in [6.45, 7) is 3.78. The summed E-state index contributed by atoms with van der Waals surface area (Å²) in [4.78, 5) is 11.6. The predicted octanol–water partition coefficient (Wildman–Crippen LogP) is 0.910. The van der Waals surface area contributed by atoms with E-state index in [-0.39, 0.29) is 11.2 Å². The van der Waals surface area contributed by atoms with Crippen molar-refractivity contribution in [3.8, 4) is 5.95 Å². The lowest BCUT2D eigenvalue weighted by atomic mass is 10.4. The first-order chi connectivity index (χ1) is 7.06. The smallest absolute Gasteiger partial charge is 0.256 e. The molecule has 0 radical (unpaired) electrons. The van der Waals surface area contributed by atoms with Crippen molar-refractivity contribution in [1.82, 2.24) is 24.7 Å². The fourth-order valence-electron chi connectivity index (χ4n) is 1.28. The molecule has 2 N–H and O–H groups in total. The Kier molecular flexibility index (Phi) is 2.28. The zero-order chi connectivity index (χ0) is 11.0. The highest BCUT2D eigenvalue weighted by Crippen LogP contribution is 2.10. The maximum Gasteiger partial charge on any atom is 0.256 e. The van der Waals surface area contributed by atoms with Crippen LogP contribution in [0.3, 0.4) is 0 Å². The van der Waals surface area contributed by atoms with Gasteiger partial charge < -0.3 is 5.73 Å². The van der Waals surface area contributed by atoms with Gasteiger partial charge >= 0.3 is 0 Å². The van der Waals surface area contributed by atoms with Crippen LogP contribution >= 0.6 is 11.6 Å². The van der Waals surface area contributed by atoms with Crippen molar-refractivity contribution in [2.45, 2.75) is 13.8 Å². The van der Waals surface area contributed by atoms with Crippen LogP contribution in [0, 0.1) is 13.8 Å². The molecule has 7 heteroatoms. The van der Waals surface area contributed by atoms with E-state index in [1.807, 2.05) is 19.9 Å². The molecule has 0 aliphatic heterocycles. The lowest BCUT2D eigenvalue weighted by Crippen LogP contribution is -2.08. The SMILES string of the molecule is Cc1cc(C)n(-c2nc(N)nc(Cl)n2)n1. The molecule has 0 amide bonds. The van der Waals surface area contributed by atoms with Crippen LogP contribution in [0.15, 0.2) is 6.07 Å². The summed E-state index contributed by atoms with van der Waals surface area (Å²) in [5.74, 6) is 0.413. The Labute approximate surface area is 91.1 Å². The van der Waals surface area contributed by atoms with Crippen molar-refractivity contribution in [3.63, 3.8) is 0 Å². The number of nitrogen functional groups attached to an aromatic ring is 1. The molecular formula is C8H9ClN6. The minimum absolute atomic E-state index is 0.0602. The van der Waals surface area contributed by atoms with Crippen LogP contribution in [-0.2, 0) is 0 Å². The summed E-state index contributed by atoms with van der Waals surface area (Å²) in [6.07, 6.45) is 0. The molecular weight excluding hydrogens is 216 g/mol. The molecule has 0 atom stereocenters. The van der Waals surface area contributed by atoms with Crippen LogP contribution in [-0.4, -0.2) is 24.7 Å². The van der Waals surface area contributed by atoms with E-state index in [1.165, 1.54) is 0 Å². The van der Waals surface area contributed by atoms with Gasteiger partial charge in [0.05, 0.1) is 5.69 Å². The number of anilines is 1. The molecule has 0 bridgehead atoms. The Morgan fingerprint density at radius 1 is 1.27 bits per heavy atom. The molecule has 0 aliphatic carbocycles. The Balaban J connectivity index is 2.58. The van der Waals surface area contributed by atoms with Crippen LogP contribution in [0.1, 0.15) is 11.4 Å². The van der Waals surface area contributed by atoms with E-state index in [0.29, 0.717) is 5.95 Å². The third-order valence-corrected chi connectivity index (χ3v) is 1.98. The Morgan fingerprint density at radius 3 is 2.53 bits per heavy atom. The van der Waals surface area contributed by atoms with E-state index in [9.17, 15) is 0 Å². The number of nitrogens with zero attached hydrogens (tertiary/aromatic N) is 5. The molecule has 78 valence electrons. The predicted molar refractivity (Wildman–Crippen MR) is 55.8 cm³/mol. The second-order valence-electron chi connectivity index (χ2n) is 3.10. The van der Waals surface area contributed by atoms with E-state index in [4.69, 9.17) is 17.3 Å². The number of halogens is 1. The van der Waals surface area contributed by atoms with Crippen LogP contribution in [0.25, 0.3) is 5.95 Å². The van der Waals surface area contributed by atoms with Gasteiger partial charge in [-0.3, -0.25) is 0 Å². The number of aromatic nitrogens is 5. The average Bonchev–Trinajstić information content (AvgIpc) is 2.43. The van der Waals surface area contributed by atoms with Gasteiger partial charge in [0.25, 0.3) is 5.95 Å². The Bertz CT molecular complexity index is 486. The molecule has 2 aromatic rings. The summed E-state index contributed by atoms with van der Waals surface area (Å²) in [5, 5.41) is 4.27. The summed E-state index contributed by atoms with van der Waals surface area (Å²) in [6, 6.07) is 1.91. The van der Waals surface area contributed by atoms with Crippen LogP contribution < -0.4 is 5.73 Å². The number of nitrogens with two attached hydrogens (primary N) is 1. The van der Waals surface area contributed by atoms with E-state index < -0.39 is 0 Å². The molecule has 15 heavy (non-hydrogen) atoms. The van der Waals surface area contributed by atoms with Gasteiger partial charge in [-0.1, -0.05) is 0 Å². The molecule has 0 saturated carbocycles. The Hall–Kier alpha value is -1.69. The third-order valence-electron chi connectivity index (χ3n) is 1.81. The first-order valence-corrected chi connectivity index (χ1v) is 4.65. The van der Waals surface area contributed by atoms with Crippen molar-refractivity contribution in [2.75, 3.05) is 5.73 Å². The third kappa shape index (κ3) is 1.89. The maximum atomic E-state index is 5.68. The van der Waals surface area contributed by atoms with E-state index in [2.05, 4.69) is 20.1 Å². The minimum Gasteiger partial charge on any atom is -0.368 e. The van der Waals surface area contributed by atoms with Crippen molar-refractivity contribution in [1.29, 1.82) is 0 Å². The molecule has 2 rings (SSSR count). The van der Waals surface area contributed by atoms with Gasteiger partial charge in [0, 0.05) is 5.69 Å². The Morgan fingerprint density at radius 2 is 2.00 bits per heavy atom. The lowest BCUT2D eigenvalue weighted by molar-refractivity contribution is 0.767. The topological polar surface area (TPSA) is 82.5 Å². The second-order valence-corrected chi connectivity index (χ2v) is 3.44. The largest absolute Gasteiger partial charge is 0.368 e. The summed E-state index contributed by atoms with van der Waals surface area (Å²) < 4.78 is 1.57. The molecule has 6 nitrogen and oxygen atoms in total. The van der Waals surface area contributed by atoms with Crippen molar-refractivity contribution < 1.29 is 0 Å². The molecule has 0 aliphatic rings. The van der Waals surface area contributed by atoms with Crippen molar-refractivity contribution in [2.24, 2.45) is 0 Å². The highest BCUT2D eigenvalue weighted by atomic mass is 35.5. The van der Waals surface area contributed by atoms with Crippen molar-refractivity contribution in [3.05, 3.63) is 22.7 Å². The lowest BCUT2D eigenvalue weighted by Gasteiger charge is -2.02. The standard InChI is InChI=1S/C8H9ClN6/c1-4-3-5(2)15(14-4)8-12-6(9)11-7(10)13-8/h3H,1-2H3,(H2,10,11,12,13). The fourth-order valence-corrected chi connectivity index (χ4v) is 1.44. The number of aryl methyl sites for hydroxylation is 2. The van der Waals surface area contributed by atoms with Gasteiger partial charge in [0.1, 0.15) is 0 Å². The molecule has 2 aromatic heterocycles. The molecule has 2 heterocycles. The first-order valence-electron chi connectivity index (χ1n) is 4.27. The molecule has 0 unspecified atom stereocenters. The van der Waals surface area contributed by atoms with E-state index in [0.717, 1.165) is 11.4 Å². The van der Waals surface area contributed by atoms with E-state index >= 15 is 0 Å². The molecule has 0 fully saturated rings. The summed E-state index contributed by atoms with van der Waals surface area (Å²) in [7, 11) is 0. The summed E-state index contributed by atoms with van der Waals surface area (Å²) in [5.41, 5.74) is 7.25. The number of hydrogen-bond donors (Lipinski definition) is 1. The zero-order valence-corrected chi connectivity index (χ0v) is 9.02. The number of hydrogen-bond acceptors (Lipinski definition) is 5. The van der Waals surface area contributed by atoms with Gasteiger partial charge in [-0.05, 0) is 31.5 Å². The van der Waals surface area contributed by atoms with E-state index in [1.54, 1.807) is 4.68 Å². The van der Waals surface area contributed by atoms with Crippen molar-refractivity contribution >= 4 is 17.5 Å². The van der Waals surface area contributed by atoms with Gasteiger partial charge in [0.15, 0.2) is 0 Å². The molecule has 0 aromatic carbocycles. The van der Waals surface area contributed by atoms with Gasteiger partial charge in [0.2, 0.25) is 11.2 Å². The van der Waals surface area contributed by atoms with Crippen LogP contribution in [0.4, 0.5) is 5.95 Å². The molecule has 0 saturated heterocycles. The highest BCUT2D eigenvalue weighted by Gasteiger charge is 2.08. The fraction of sp³-hybridized carbons (Fsp3) is 0.250. The van der Waals surface area contributed by atoms with Crippen LogP contribution in [0.2, 0.25) is 5.28 Å². The monoisotopic (exact) mass is 224 g/mol. The maximum absolute atomic E-state index is 5.68. The van der Waals surface area contributed by atoms with Gasteiger partial charge in [-0.2, -0.15) is 20.1 Å². The second kappa shape index (κ2) is 3.47. The quantitative estimate of drug-likeness (QED) is 0.779.